The van der Waals surface area contributed by atoms with Crippen LogP contribution < -0.4 is 5.56 Å². The van der Waals surface area contributed by atoms with E-state index in [9.17, 15) is 4.79 Å². The summed E-state index contributed by atoms with van der Waals surface area (Å²) < 4.78 is 7.26. The number of furan rings is 1. The van der Waals surface area contributed by atoms with E-state index >= 15 is 0 Å². The fourth-order valence-electron chi connectivity index (χ4n) is 3.81. The van der Waals surface area contributed by atoms with Crippen LogP contribution in [0.3, 0.4) is 0 Å². The third-order valence-corrected chi connectivity index (χ3v) is 8.26. The van der Waals surface area contributed by atoms with Gasteiger partial charge in [-0.3, -0.25) is 9.36 Å². The van der Waals surface area contributed by atoms with Crippen molar-refractivity contribution in [1.29, 1.82) is 0 Å². The summed E-state index contributed by atoms with van der Waals surface area (Å²) in [4.78, 5) is 20.6. The first-order valence-electron chi connectivity index (χ1n) is 9.74. The van der Waals surface area contributed by atoms with Crippen LogP contribution >= 0.6 is 46.3 Å². The summed E-state index contributed by atoms with van der Waals surface area (Å²) in [5.74, 6) is 1.37. The predicted molar refractivity (Wildman–Crippen MR) is 124 cm³/mol. The molecule has 0 radical (unpaired) electrons. The Labute approximate surface area is 191 Å². The van der Waals surface area contributed by atoms with Crippen molar-refractivity contribution >= 4 is 56.5 Å². The summed E-state index contributed by atoms with van der Waals surface area (Å²) >= 11 is 15.4. The molecule has 154 valence electrons. The molecule has 0 fully saturated rings. The molecule has 30 heavy (non-hydrogen) atoms. The van der Waals surface area contributed by atoms with Gasteiger partial charge in [-0.15, -0.1) is 11.3 Å². The molecule has 5 rings (SSSR count). The Morgan fingerprint density at radius 1 is 1.17 bits per heavy atom. The van der Waals surface area contributed by atoms with Crippen LogP contribution in [-0.2, 0) is 25.1 Å². The molecule has 0 unspecified atom stereocenters. The standard InChI is InChI=1S/C22H18Cl2N2O2S2/c23-16-8-7-13(10-17(16)24)12-29-22-25-20-19(15-5-1-2-6-18(15)30-20)21(27)26(22)11-14-4-3-9-28-14/h3-4,7-10H,1-2,5-6,11-12H2. The van der Waals surface area contributed by atoms with Crippen molar-refractivity contribution in [3.05, 3.63) is 78.8 Å². The normalized spacial score (nSPS) is 13.7. The van der Waals surface area contributed by atoms with E-state index in [4.69, 9.17) is 32.6 Å². The highest BCUT2D eigenvalue weighted by Crippen LogP contribution is 2.35. The second-order valence-electron chi connectivity index (χ2n) is 7.29. The zero-order valence-electron chi connectivity index (χ0n) is 16.0. The maximum atomic E-state index is 13.6. The number of aryl methyl sites for hydroxylation is 2. The first-order valence-corrected chi connectivity index (χ1v) is 12.3. The lowest BCUT2D eigenvalue weighted by Gasteiger charge is -2.13. The average Bonchev–Trinajstić information content (AvgIpc) is 3.38. The molecule has 1 aliphatic rings. The van der Waals surface area contributed by atoms with E-state index < -0.39 is 0 Å². The van der Waals surface area contributed by atoms with Crippen molar-refractivity contribution in [3.8, 4) is 0 Å². The fraction of sp³-hybridized carbons (Fsp3) is 0.273. The minimum atomic E-state index is 0.0208. The molecule has 8 heteroatoms. The molecule has 1 aromatic carbocycles. The monoisotopic (exact) mass is 476 g/mol. The van der Waals surface area contributed by atoms with Gasteiger partial charge in [-0.25, -0.2) is 4.98 Å². The number of thiophene rings is 1. The molecule has 0 bridgehead atoms. The van der Waals surface area contributed by atoms with Crippen molar-refractivity contribution in [2.45, 2.75) is 43.1 Å². The molecular weight excluding hydrogens is 459 g/mol. The van der Waals surface area contributed by atoms with Crippen LogP contribution in [0.25, 0.3) is 10.2 Å². The summed E-state index contributed by atoms with van der Waals surface area (Å²) in [5.41, 5.74) is 2.25. The molecular formula is C22H18Cl2N2O2S2. The first-order chi connectivity index (χ1) is 14.6. The third-order valence-electron chi connectivity index (χ3n) is 5.29. The molecule has 0 amide bonds. The van der Waals surface area contributed by atoms with Gasteiger partial charge in [0.25, 0.3) is 5.56 Å². The van der Waals surface area contributed by atoms with E-state index in [2.05, 4.69) is 0 Å². The number of nitrogens with zero attached hydrogens (tertiary/aromatic N) is 2. The number of thioether (sulfide) groups is 1. The minimum Gasteiger partial charge on any atom is -0.467 e. The number of hydrogen-bond acceptors (Lipinski definition) is 5. The maximum Gasteiger partial charge on any atom is 0.263 e. The molecule has 0 aliphatic heterocycles. The van der Waals surface area contributed by atoms with Crippen LogP contribution in [0, 0.1) is 0 Å². The van der Waals surface area contributed by atoms with Gasteiger partial charge in [-0.05, 0) is 61.1 Å². The van der Waals surface area contributed by atoms with Crippen LogP contribution in [0.15, 0.2) is 51.0 Å². The Bertz CT molecular complexity index is 1280. The largest absolute Gasteiger partial charge is 0.467 e. The number of hydrogen-bond donors (Lipinski definition) is 0. The Morgan fingerprint density at radius 2 is 2.03 bits per heavy atom. The summed E-state index contributed by atoms with van der Waals surface area (Å²) in [6.45, 7) is 0.364. The van der Waals surface area contributed by atoms with Gasteiger partial charge in [-0.2, -0.15) is 0 Å². The zero-order valence-corrected chi connectivity index (χ0v) is 19.1. The minimum absolute atomic E-state index is 0.0208. The van der Waals surface area contributed by atoms with E-state index in [-0.39, 0.29) is 5.56 Å². The van der Waals surface area contributed by atoms with Gasteiger partial charge in [0, 0.05) is 10.6 Å². The number of aromatic nitrogens is 2. The molecule has 3 heterocycles. The van der Waals surface area contributed by atoms with E-state index in [0.717, 1.165) is 40.8 Å². The third kappa shape index (κ3) is 3.82. The van der Waals surface area contributed by atoms with Crippen molar-refractivity contribution in [2.24, 2.45) is 0 Å². The maximum absolute atomic E-state index is 13.6. The molecule has 4 aromatic rings. The van der Waals surface area contributed by atoms with Crippen molar-refractivity contribution in [1.82, 2.24) is 9.55 Å². The molecule has 4 nitrogen and oxygen atoms in total. The molecule has 0 atom stereocenters. The second kappa shape index (κ2) is 8.42. The van der Waals surface area contributed by atoms with Crippen LogP contribution in [-0.4, -0.2) is 9.55 Å². The second-order valence-corrected chi connectivity index (χ2v) is 10.1. The highest BCUT2D eigenvalue weighted by Gasteiger charge is 2.22. The lowest BCUT2D eigenvalue weighted by atomic mass is 9.97. The van der Waals surface area contributed by atoms with Crippen molar-refractivity contribution < 1.29 is 4.42 Å². The van der Waals surface area contributed by atoms with Crippen molar-refractivity contribution in [3.63, 3.8) is 0 Å². The Morgan fingerprint density at radius 3 is 2.83 bits per heavy atom. The predicted octanol–water partition coefficient (Wildman–Crippen LogP) is 6.58. The number of halogens is 2. The van der Waals surface area contributed by atoms with E-state index in [1.165, 1.54) is 28.6 Å². The molecule has 1 aliphatic carbocycles. The summed E-state index contributed by atoms with van der Waals surface area (Å²) in [6, 6.07) is 9.31. The lowest BCUT2D eigenvalue weighted by molar-refractivity contribution is 0.476. The molecule has 0 saturated heterocycles. The Balaban J connectivity index is 1.57. The highest BCUT2D eigenvalue weighted by atomic mass is 35.5. The fourth-order valence-corrected chi connectivity index (χ4v) is 6.37. The lowest BCUT2D eigenvalue weighted by Crippen LogP contribution is -2.24. The SMILES string of the molecule is O=c1c2c3c(sc2nc(SCc2ccc(Cl)c(Cl)c2)n1Cc1ccco1)CCCC3. The van der Waals surface area contributed by atoms with Crippen molar-refractivity contribution in [2.75, 3.05) is 0 Å². The summed E-state index contributed by atoms with van der Waals surface area (Å²) in [7, 11) is 0. The smallest absolute Gasteiger partial charge is 0.263 e. The van der Waals surface area contributed by atoms with Crippen LogP contribution in [0.4, 0.5) is 0 Å². The van der Waals surface area contributed by atoms with Gasteiger partial charge >= 0.3 is 0 Å². The van der Waals surface area contributed by atoms with E-state index in [0.29, 0.717) is 27.5 Å². The van der Waals surface area contributed by atoms with Gasteiger partial charge in [0.1, 0.15) is 10.6 Å². The zero-order chi connectivity index (χ0) is 20.7. The van der Waals surface area contributed by atoms with Crippen LogP contribution in [0.1, 0.15) is 34.6 Å². The first kappa shape index (κ1) is 20.2. The van der Waals surface area contributed by atoms with Gasteiger partial charge in [0.2, 0.25) is 0 Å². The van der Waals surface area contributed by atoms with Gasteiger partial charge in [-0.1, -0.05) is 41.0 Å². The highest BCUT2D eigenvalue weighted by molar-refractivity contribution is 7.98. The van der Waals surface area contributed by atoms with Crippen LogP contribution in [0.5, 0.6) is 0 Å². The number of fused-ring (bicyclic) bond motifs is 3. The van der Waals surface area contributed by atoms with E-state index in [1.807, 2.05) is 24.3 Å². The van der Waals surface area contributed by atoms with Gasteiger partial charge < -0.3 is 4.42 Å². The number of rotatable bonds is 5. The topological polar surface area (TPSA) is 48.0 Å². The average molecular weight is 477 g/mol. The van der Waals surface area contributed by atoms with E-state index in [1.54, 1.807) is 28.2 Å². The quantitative estimate of drug-likeness (QED) is 0.241. The summed E-state index contributed by atoms with van der Waals surface area (Å²) in [5, 5.41) is 2.54. The Kier molecular flexibility index (Phi) is 5.67. The number of benzene rings is 1. The molecule has 3 aromatic heterocycles. The molecule has 0 saturated carbocycles. The van der Waals surface area contributed by atoms with Gasteiger partial charge in [0.15, 0.2) is 5.16 Å². The van der Waals surface area contributed by atoms with Crippen LogP contribution in [0.2, 0.25) is 10.0 Å². The molecule has 0 N–H and O–H groups in total. The molecule has 0 spiro atoms. The van der Waals surface area contributed by atoms with Gasteiger partial charge in [0.05, 0.1) is 28.2 Å². The Hall–Kier alpha value is -1.73. The summed E-state index contributed by atoms with van der Waals surface area (Å²) in [6.07, 6.45) is 5.94.